The molecule has 0 atom stereocenters. The predicted molar refractivity (Wildman–Crippen MR) is 89.4 cm³/mol. The monoisotopic (exact) mass is 322 g/mol. The standard InChI is InChI=1S/C19H14O5/c1-21-18-8-12(3-2-6-20)7-14-10-16(24-19(14)18)13-4-5-15-17(9-13)23-11-22-15/h2-10H,11H2,1H3. The van der Waals surface area contributed by atoms with Gasteiger partial charge in [-0.3, -0.25) is 4.79 Å². The summed E-state index contributed by atoms with van der Waals surface area (Å²) in [5.74, 6) is 2.76. The van der Waals surface area contributed by atoms with Crippen LogP contribution in [-0.2, 0) is 4.79 Å². The molecule has 24 heavy (non-hydrogen) atoms. The molecule has 4 rings (SSSR count). The maximum Gasteiger partial charge on any atom is 0.231 e. The first-order valence-electron chi connectivity index (χ1n) is 7.42. The molecule has 1 aliphatic rings. The normalized spacial score (nSPS) is 12.9. The van der Waals surface area contributed by atoms with Crippen molar-refractivity contribution < 1.29 is 23.4 Å². The Morgan fingerprint density at radius 3 is 2.79 bits per heavy atom. The van der Waals surface area contributed by atoms with Crippen LogP contribution < -0.4 is 14.2 Å². The lowest BCUT2D eigenvalue weighted by Crippen LogP contribution is -1.92. The van der Waals surface area contributed by atoms with E-state index in [9.17, 15) is 4.79 Å². The van der Waals surface area contributed by atoms with E-state index in [0.29, 0.717) is 22.8 Å². The van der Waals surface area contributed by atoms with Gasteiger partial charge in [-0.2, -0.15) is 0 Å². The number of carbonyl (C=O) groups is 1. The van der Waals surface area contributed by atoms with Crippen LogP contribution in [0.2, 0.25) is 0 Å². The fraction of sp³-hybridized carbons (Fsp3) is 0.105. The molecule has 0 radical (unpaired) electrons. The van der Waals surface area contributed by atoms with Crippen molar-refractivity contribution in [1.29, 1.82) is 0 Å². The number of hydrogen-bond donors (Lipinski definition) is 0. The summed E-state index contributed by atoms with van der Waals surface area (Å²) in [6.07, 6.45) is 3.91. The largest absolute Gasteiger partial charge is 0.493 e. The van der Waals surface area contributed by atoms with Gasteiger partial charge in [-0.25, -0.2) is 0 Å². The van der Waals surface area contributed by atoms with Gasteiger partial charge in [-0.05, 0) is 48.0 Å². The van der Waals surface area contributed by atoms with E-state index in [2.05, 4.69) is 0 Å². The molecule has 2 aromatic carbocycles. The zero-order chi connectivity index (χ0) is 16.5. The highest BCUT2D eigenvalue weighted by Gasteiger charge is 2.17. The topological polar surface area (TPSA) is 57.9 Å². The molecule has 5 heteroatoms. The summed E-state index contributed by atoms with van der Waals surface area (Å²) in [7, 11) is 1.59. The Balaban J connectivity index is 1.82. The summed E-state index contributed by atoms with van der Waals surface area (Å²) in [5.41, 5.74) is 2.42. The van der Waals surface area contributed by atoms with Gasteiger partial charge in [-0.1, -0.05) is 6.08 Å². The Hall–Kier alpha value is -3.21. The number of rotatable bonds is 4. The Morgan fingerprint density at radius 1 is 1.08 bits per heavy atom. The van der Waals surface area contributed by atoms with Gasteiger partial charge >= 0.3 is 0 Å². The van der Waals surface area contributed by atoms with Gasteiger partial charge in [0.2, 0.25) is 6.79 Å². The SMILES string of the molecule is COc1cc(C=CC=O)cc2cc(-c3ccc4c(c3)OCO4)oc12. The van der Waals surface area contributed by atoms with Crippen LogP contribution in [0.1, 0.15) is 5.56 Å². The van der Waals surface area contributed by atoms with Crippen LogP contribution in [0.15, 0.2) is 46.9 Å². The van der Waals surface area contributed by atoms with Crippen molar-refractivity contribution in [2.24, 2.45) is 0 Å². The van der Waals surface area contributed by atoms with Crippen molar-refractivity contribution >= 4 is 23.3 Å². The van der Waals surface area contributed by atoms with Crippen molar-refractivity contribution in [2.75, 3.05) is 13.9 Å². The van der Waals surface area contributed by atoms with Crippen LogP contribution in [0.5, 0.6) is 17.2 Å². The summed E-state index contributed by atoms with van der Waals surface area (Å²) in [4.78, 5) is 10.5. The summed E-state index contributed by atoms with van der Waals surface area (Å²) >= 11 is 0. The van der Waals surface area contributed by atoms with Crippen molar-refractivity contribution in [1.82, 2.24) is 0 Å². The van der Waals surface area contributed by atoms with E-state index in [1.807, 2.05) is 36.4 Å². The van der Waals surface area contributed by atoms with Crippen LogP contribution in [-0.4, -0.2) is 20.2 Å². The first-order valence-corrected chi connectivity index (χ1v) is 7.42. The van der Waals surface area contributed by atoms with Crippen molar-refractivity contribution in [3.8, 4) is 28.6 Å². The lowest BCUT2D eigenvalue weighted by atomic mass is 10.1. The molecule has 1 aromatic heterocycles. The summed E-state index contributed by atoms with van der Waals surface area (Å²) in [6, 6.07) is 11.4. The quantitative estimate of drug-likeness (QED) is 0.536. The van der Waals surface area contributed by atoms with Gasteiger partial charge < -0.3 is 18.6 Å². The lowest BCUT2D eigenvalue weighted by Gasteiger charge is -2.02. The number of carbonyl (C=O) groups excluding carboxylic acids is 1. The van der Waals surface area contributed by atoms with E-state index in [1.165, 1.54) is 6.08 Å². The molecule has 3 aromatic rings. The minimum atomic E-state index is 0.235. The van der Waals surface area contributed by atoms with Gasteiger partial charge in [0.25, 0.3) is 0 Å². The molecule has 2 heterocycles. The van der Waals surface area contributed by atoms with Crippen LogP contribution in [0.25, 0.3) is 28.4 Å². The fourth-order valence-electron chi connectivity index (χ4n) is 2.73. The number of methoxy groups -OCH3 is 1. The molecule has 0 bridgehead atoms. The maximum absolute atomic E-state index is 10.5. The molecule has 1 aliphatic heterocycles. The van der Waals surface area contributed by atoms with Gasteiger partial charge in [-0.15, -0.1) is 0 Å². The number of hydrogen-bond acceptors (Lipinski definition) is 5. The number of ether oxygens (including phenoxy) is 3. The lowest BCUT2D eigenvalue weighted by molar-refractivity contribution is -0.104. The molecular weight excluding hydrogens is 308 g/mol. The molecular formula is C19H14O5. The van der Waals surface area contributed by atoms with Crippen molar-refractivity contribution in [2.45, 2.75) is 0 Å². The molecule has 0 saturated heterocycles. The number of allylic oxidation sites excluding steroid dienone is 1. The highest BCUT2D eigenvalue weighted by atomic mass is 16.7. The minimum absolute atomic E-state index is 0.235. The van der Waals surface area contributed by atoms with Gasteiger partial charge in [0, 0.05) is 10.9 Å². The zero-order valence-corrected chi connectivity index (χ0v) is 12.9. The Morgan fingerprint density at radius 2 is 1.96 bits per heavy atom. The summed E-state index contributed by atoms with van der Waals surface area (Å²) < 4.78 is 22.1. The van der Waals surface area contributed by atoms with Crippen LogP contribution >= 0.6 is 0 Å². The van der Waals surface area contributed by atoms with Gasteiger partial charge in [0.15, 0.2) is 22.8 Å². The minimum Gasteiger partial charge on any atom is -0.493 e. The molecule has 5 nitrogen and oxygen atoms in total. The second kappa shape index (κ2) is 5.77. The van der Waals surface area contributed by atoms with Crippen molar-refractivity contribution in [3.05, 3.63) is 48.0 Å². The molecule has 0 spiro atoms. The van der Waals surface area contributed by atoms with E-state index in [0.717, 1.165) is 28.5 Å². The molecule has 0 saturated carbocycles. The van der Waals surface area contributed by atoms with Crippen LogP contribution in [0.3, 0.4) is 0 Å². The maximum atomic E-state index is 10.5. The van der Waals surface area contributed by atoms with E-state index in [4.69, 9.17) is 18.6 Å². The number of fused-ring (bicyclic) bond motifs is 2. The molecule has 0 amide bonds. The molecule has 0 fully saturated rings. The second-order valence-corrected chi connectivity index (χ2v) is 5.32. The molecule has 120 valence electrons. The van der Waals surface area contributed by atoms with Crippen molar-refractivity contribution in [3.63, 3.8) is 0 Å². The van der Waals surface area contributed by atoms with E-state index < -0.39 is 0 Å². The molecule has 0 aliphatic carbocycles. The second-order valence-electron chi connectivity index (χ2n) is 5.32. The number of aldehydes is 1. The first kappa shape index (κ1) is 14.4. The smallest absolute Gasteiger partial charge is 0.231 e. The third kappa shape index (κ3) is 2.40. The third-order valence-electron chi connectivity index (χ3n) is 3.85. The summed E-state index contributed by atoms with van der Waals surface area (Å²) in [5, 5.41) is 0.896. The van der Waals surface area contributed by atoms with Crippen LogP contribution in [0, 0.1) is 0 Å². The van der Waals surface area contributed by atoms with E-state index in [-0.39, 0.29) is 6.79 Å². The first-order chi connectivity index (χ1) is 11.8. The Bertz CT molecular complexity index is 952. The highest BCUT2D eigenvalue weighted by molar-refractivity contribution is 5.90. The van der Waals surface area contributed by atoms with Gasteiger partial charge in [0.1, 0.15) is 12.0 Å². The highest BCUT2D eigenvalue weighted by Crippen LogP contribution is 2.39. The number of benzene rings is 2. The van der Waals surface area contributed by atoms with Crippen LogP contribution in [0.4, 0.5) is 0 Å². The average molecular weight is 322 g/mol. The zero-order valence-electron chi connectivity index (χ0n) is 12.9. The fourth-order valence-corrected chi connectivity index (χ4v) is 2.73. The summed E-state index contributed by atoms with van der Waals surface area (Å²) in [6.45, 7) is 0.235. The van der Waals surface area contributed by atoms with E-state index >= 15 is 0 Å². The Kier molecular flexibility index (Phi) is 3.46. The molecule has 0 unspecified atom stereocenters. The van der Waals surface area contributed by atoms with Gasteiger partial charge in [0.05, 0.1) is 7.11 Å². The molecule has 0 N–H and O–H groups in total. The third-order valence-corrected chi connectivity index (χ3v) is 3.85. The predicted octanol–water partition coefficient (Wildman–Crippen LogP) is 4.05. The average Bonchev–Trinajstić information content (AvgIpc) is 3.24. The number of furan rings is 1. The van der Waals surface area contributed by atoms with E-state index in [1.54, 1.807) is 13.2 Å². The Labute approximate surface area is 138 Å².